The van der Waals surface area contributed by atoms with Crippen molar-refractivity contribution in [1.29, 1.82) is 0 Å². The Labute approximate surface area is 410 Å². The van der Waals surface area contributed by atoms with Crippen molar-refractivity contribution in [3.63, 3.8) is 0 Å². The molecule has 8 aromatic rings. The highest BCUT2D eigenvalue weighted by molar-refractivity contribution is 5.78. The van der Waals surface area contributed by atoms with Crippen LogP contribution in [0.2, 0.25) is 0 Å². The summed E-state index contributed by atoms with van der Waals surface area (Å²) in [5, 5.41) is 9.71. The first kappa shape index (κ1) is 50.5. The zero-order valence-electron chi connectivity index (χ0n) is 37.9. The third kappa shape index (κ3) is 14.2. The van der Waals surface area contributed by atoms with Crippen LogP contribution in [-0.2, 0) is 12.4 Å². The van der Waals surface area contributed by atoms with Gasteiger partial charge in [0.15, 0.2) is 17.9 Å². The van der Waals surface area contributed by atoms with Crippen LogP contribution in [0.1, 0.15) is 76.0 Å². The second kappa shape index (κ2) is 22.5. The van der Waals surface area contributed by atoms with Crippen LogP contribution >= 0.6 is 0 Å². The Hall–Kier alpha value is -8.86. The summed E-state index contributed by atoms with van der Waals surface area (Å²) >= 11 is 0. The highest BCUT2D eigenvalue weighted by atomic mass is 19.4. The maximum Gasteiger partial charge on any atom is 0.416 e. The van der Waals surface area contributed by atoms with Crippen molar-refractivity contribution < 1.29 is 39.9 Å². The number of nitrogen functional groups attached to an aromatic ring is 1. The minimum Gasteiger partial charge on any atom is -0.354 e. The number of benzene rings is 2. The Morgan fingerprint density at radius 1 is 0.548 bits per heavy atom. The molecule has 2 fully saturated rings. The molecule has 23 heteroatoms. The van der Waals surface area contributed by atoms with Gasteiger partial charge in [-0.3, -0.25) is 30.2 Å². The van der Waals surface area contributed by atoms with Gasteiger partial charge in [-0.25, -0.2) is 40.0 Å². The Kier molecular flexibility index (Phi) is 15.6. The Morgan fingerprint density at radius 3 is 1.47 bits per heavy atom. The van der Waals surface area contributed by atoms with Crippen LogP contribution in [0.15, 0.2) is 140 Å². The highest BCUT2D eigenvalue weighted by Crippen LogP contribution is 2.42. The van der Waals surface area contributed by atoms with E-state index in [1.807, 2.05) is 18.3 Å². The first-order valence-corrected chi connectivity index (χ1v) is 22.1. The average Bonchev–Trinajstić information content (AvgIpc) is 4.34. The van der Waals surface area contributed by atoms with E-state index in [1.54, 1.807) is 36.8 Å². The first-order valence-electron chi connectivity index (χ1n) is 22.1. The van der Waals surface area contributed by atoms with Gasteiger partial charge in [-0.05, 0) is 121 Å². The average molecular weight is 1000 g/mol. The number of hydrogen-bond donors (Lipinski definition) is 5. The van der Waals surface area contributed by atoms with Gasteiger partial charge in [0.05, 0.1) is 59.2 Å². The molecule has 0 aliphatic heterocycles. The first-order chi connectivity index (χ1) is 35.1. The van der Waals surface area contributed by atoms with E-state index in [9.17, 15) is 39.9 Å². The van der Waals surface area contributed by atoms with Crippen molar-refractivity contribution >= 4 is 47.1 Å². The number of carbonyl (C=O) groups is 1. The molecule has 6 N–H and O–H groups in total. The number of halogens is 8. The predicted molar refractivity (Wildman–Crippen MR) is 257 cm³/mol. The lowest BCUT2D eigenvalue weighted by Gasteiger charge is -2.10. The fourth-order valence-electron chi connectivity index (χ4n) is 6.86. The fraction of sp³-hybridized carbons (Fsp3) is 0.160. The molecule has 73 heavy (non-hydrogen) atoms. The molecule has 2 aliphatic rings. The normalized spacial score (nSPS) is 13.2. The minimum atomic E-state index is -4.42. The van der Waals surface area contributed by atoms with Crippen LogP contribution < -0.4 is 27.3 Å². The van der Waals surface area contributed by atoms with Crippen molar-refractivity contribution in [2.24, 2.45) is 10.9 Å². The number of rotatable bonds is 13. The standard InChI is InChI=1S/C25H19F4N7.C13H9F3N2O.C12H12FN5/c26-22-14-32-24(35-23(22)17-8-16(10-30-11-17)15-4-5-15)36-33-13-20-6-7-21(12-31-20)34-19-3-1-2-18(9-19)25(27,28)29;14-13(15,16)9-2-1-3-10(6-9)18-11-4-5-12(8-19)17-7-11;13-10-6-16-12(18-14)17-11(10)9-3-8(4-15-5-9)7-1-2-7/h1-3,6-15,34H,4-5H2,(H,32,35,36);1-8,18H;3-7H,1-2,14H2,(H,16,17,18)/b33-13+;;. The number of aromatic nitrogens is 8. The van der Waals surface area contributed by atoms with E-state index >= 15 is 0 Å². The van der Waals surface area contributed by atoms with Crippen LogP contribution in [0.3, 0.4) is 0 Å². The highest BCUT2D eigenvalue weighted by Gasteiger charge is 2.31. The van der Waals surface area contributed by atoms with Gasteiger partial charge >= 0.3 is 12.4 Å². The summed E-state index contributed by atoms with van der Waals surface area (Å²) in [6.07, 6.45) is 9.54. The topological polar surface area (TPSA) is 207 Å². The van der Waals surface area contributed by atoms with E-state index in [0.717, 1.165) is 60.6 Å². The maximum atomic E-state index is 14.4. The number of nitrogens with zero attached hydrogens (tertiary/aromatic N) is 9. The number of hydrazone groups is 1. The van der Waals surface area contributed by atoms with Crippen molar-refractivity contribution in [3.05, 3.63) is 180 Å². The molecule has 372 valence electrons. The van der Waals surface area contributed by atoms with Gasteiger partial charge in [0.1, 0.15) is 17.1 Å². The van der Waals surface area contributed by atoms with E-state index in [2.05, 4.69) is 66.5 Å². The molecule has 2 saturated carbocycles. The monoisotopic (exact) mass is 1000 g/mol. The van der Waals surface area contributed by atoms with Crippen molar-refractivity contribution in [2.45, 2.75) is 49.9 Å². The van der Waals surface area contributed by atoms with Gasteiger partial charge in [0, 0.05) is 47.3 Å². The van der Waals surface area contributed by atoms with Crippen LogP contribution in [0.4, 0.5) is 69.8 Å². The number of alkyl halides is 6. The second-order valence-electron chi connectivity index (χ2n) is 16.3. The molecule has 15 nitrogen and oxygen atoms in total. The Morgan fingerprint density at radius 2 is 1.03 bits per heavy atom. The lowest BCUT2D eigenvalue weighted by atomic mass is 10.1. The summed E-state index contributed by atoms with van der Waals surface area (Å²) in [5.41, 5.74) is 9.58. The molecule has 2 aliphatic carbocycles. The largest absolute Gasteiger partial charge is 0.416 e. The van der Waals surface area contributed by atoms with Crippen molar-refractivity contribution in [3.8, 4) is 22.5 Å². The van der Waals surface area contributed by atoms with E-state index < -0.39 is 35.1 Å². The third-order valence-corrected chi connectivity index (χ3v) is 10.8. The van der Waals surface area contributed by atoms with Crippen molar-refractivity contribution in [2.75, 3.05) is 21.5 Å². The molecule has 0 atom stereocenters. The fourth-order valence-corrected chi connectivity index (χ4v) is 6.86. The summed E-state index contributed by atoms with van der Waals surface area (Å²) in [6.45, 7) is 0. The number of hydrogen-bond acceptors (Lipinski definition) is 15. The molecule has 0 saturated heterocycles. The number of hydrazine groups is 1. The van der Waals surface area contributed by atoms with Gasteiger partial charge in [-0.1, -0.05) is 12.1 Å². The molecule has 0 spiro atoms. The SMILES string of the molecule is Fc1cnc(N/N=C/c2ccc(Nc3cccc(C(F)(F)F)c3)cn2)nc1-c1cncc(C2CC2)c1.NNc1ncc(F)c(-c2cncc(C3CC3)c2)n1.O=Cc1ccc(Nc2cccc(C(F)(F)F)c2)cn1. The van der Waals surface area contributed by atoms with E-state index in [0.29, 0.717) is 52.0 Å². The molecular formula is C50H40F8N14O. The van der Waals surface area contributed by atoms with Crippen LogP contribution in [0.25, 0.3) is 22.5 Å². The smallest absolute Gasteiger partial charge is 0.354 e. The zero-order chi connectivity index (χ0) is 51.5. The summed E-state index contributed by atoms with van der Waals surface area (Å²) in [4.78, 5) is 42.6. The van der Waals surface area contributed by atoms with Gasteiger partial charge < -0.3 is 10.6 Å². The molecule has 10 rings (SSSR count). The Bertz CT molecular complexity index is 3210. The van der Waals surface area contributed by atoms with Gasteiger partial charge in [-0.15, -0.1) is 0 Å². The molecule has 0 radical (unpaired) electrons. The summed E-state index contributed by atoms with van der Waals surface area (Å²) in [7, 11) is 0. The van der Waals surface area contributed by atoms with Gasteiger partial charge in [0.25, 0.3) is 0 Å². The molecular weight excluding hydrogens is 965 g/mol. The molecule has 2 aromatic carbocycles. The molecule has 0 amide bonds. The number of nitrogens with one attached hydrogen (secondary N) is 4. The van der Waals surface area contributed by atoms with Gasteiger partial charge in [-0.2, -0.15) is 31.4 Å². The number of aldehydes is 1. The summed E-state index contributed by atoms with van der Waals surface area (Å²) < 4.78 is 104. The number of pyridine rings is 4. The van der Waals surface area contributed by atoms with Crippen LogP contribution in [-0.4, -0.2) is 52.4 Å². The molecule has 0 unspecified atom stereocenters. The second-order valence-corrected chi connectivity index (χ2v) is 16.3. The van der Waals surface area contributed by atoms with E-state index in [-0.39, 0.29) is 34.7 Å². The molecule has 6 aromatic heterocycles. The van der Waals surface area contributed by atoms with Gasteiger partial charge in [0.2, 0.25) is 11.9 Å². The lowest BCUT2D eigenvalue weighted by molar-refractivity contribution is -0.138. The van der Waals surface area contributed by atoms with Crippen LogP contribution in [0, 0.1) is 11.6 Å². The van der Waals surface area contributed by atoms with Crippen molar-refractivity contribution in [1.82, 2.24) is 39.9 Å². The number of nitrogens with two attached hydrogens (primary N) is 1. The van der Waals surface area contributed by atoms with E-state index in [1.165, 1.54) is 61.8 Å². The zero-order valence-corrected chi connectivity index (χ0v) is 37.9. The summed E-state index contributed by atoms with van der Waals surface area (Å²) in [6, 6.07) is 19.9. The number of carbonyl (C=O) groups excluding carboxylic acids is 1. The molecule has 6 heterocycles. The lowest BCUT2D eigenvalue weighted by Crippen LogP contribution is -2.11. The minimum absolute atomic E-state index is 0.0994. The maximum absolute atomic E-state index is 14.4. The quantitative estimate of drug-likeness (QED) is 0.0240. The molecule has 0 bridgehead atoms. The Balaban J connectivity index is 0.000000161. The number of anilines is 6. The van der Waals surface area contributed by atoms with Crippen LogP contribution in [0.5, 0.6) is 0 Å². The predicted octanol–water partition coefficient (Wildman–Crippen LogP) is 11.7. The third-order valence-electron chi connectivity index (χ3n) is 10.8. The van der Waals surface area contributed by atoms with E-state index in [4.69, 9.17) is 5.84 Å². The summed E-state index contributed by atoms with van der Waals surface area (Å²) in [5.74, 6) is 5.50.